The Morgan fingerprint density at radius 2 is 1.88 bits per heavy atom. The predicted molar refractivity (Wildman–Crippen MR) is 35.9 cm³/mol. The van der Waals surface area contributed by atoms with Gasteiger partial charge in [0.1, 0.15) is 0 Å². The largest absolute Gasteiger partial charge is 0.0617 e. The van der Waals surface area contributed by atoms with E-state index in [1.54, 1.807) is 0 Å². The quantitative estimate of drug-likeness (QED) is 0.478. The highest BCUT2D eigenvalue weighted by Gasteiger charge is 1.80. The van der Waals surface area contributed by atoms with Crippen LogP contribution in [0.1, 0.15) is 13.9 Å². The summed E-state index contributed by atoms with van der Waals surface area (Å²) in [6, 6.07) is 7.62. The van der Waals surface area contributed by atoms with Gasteiger partial charge in [0.15, 0.2) is 0 Å². The van der Waals surface area contributed by atoms with E-state index in [2.05, 4.69) is 0 Å². The van der Waals surface area contributed by atoms with Gasteiger partial charge in [-0.2, -0.15) is 0 Å². The van der Waals surface area contributed by atoms with E-state index in [-0.39, 0.29) is 0 Å². The van der Waals surface area contributed by atoms with Crippen molar-refractivity contribution in [3.8, 4) is 0 Å². The van der Waals surface area contributed by atoms with E-state index in [1.807, 2.05) is 24.3 Å². The van der Waals surface area contributed by atoms with Crippen molar-refractivity contribution in [2.45, 2.75) is 13.8 Å². The molecule has 1 aromatic carbocycles. The number of hydrogen-bond donors (Lipinski definition) is 0. The Balaban J connectivity index is 2.87. The molecule has 0 nitrogen and oxygen atoms in total. The van der Waals surface area contributed by atoms with Crippen LogP contribution in [0, 0.1) is 13.8 Å². The number of aryl methyl sites for hydroxylation is 2. The Bertz CT molecular complexity index is 189. The van der Waals surface area contributed by atoms with Gasteiger partial charge < -0.3 is 0 Å². The van der Waals surface area contributed by atoms with Crippen LogP contribution in [0.15, 0.2) is 24.3 Å². The van der Waals surface area contributed by atoms with Crippen LogP contribution >= 0.6 is 0 Å². The predicted octanol–water partition coefficient (Wildman–Crippen LogP) is 2.30. The van der Waals surface area contributed by atoms with Gasteiger partial charge in [0.2, 0.25) is 0 Å². The standard InChI is InChI=1S/C8H10/c1-7-4-3-5-8(2)6-7/h3-6H,1-2H3/i1D,2D. The smallest absolute Gasteiger partial charge is 0.0280 e. The lowest BCUT2D eigenvalue weighted by Gasteiger charge is -1.90. The van der Waals surface area contributed by atoms with E-state index >= 15 is 0 Å². The Hall–Kier alpha value is -0.780. The molecule has 0 aliphatic heterocycles. The molecule has 0 fully saturated rings. The molecular weight excluding hydrogens is 96.1 g/mol. The molecule has 0 atom stereocenters. The van der Waals surface area contributed by atoms with Crippen molar-refractivity contribution in [3.05, 3.63) is 35.4 Å². The first-order valence-corrected chi connectivity index (χ1v) is 2.53. The summed E-state index contributed by atoms with van der Waals surface area (Å²) in [4.78, 5) is 0. The molecule has 1 aromatic rings. The fourth-order valence-corrected chi connectivity index (χ4v) is 0.630. The molecule has 0 N–H and O–H groups in total. The van der Waals surface area contributed by atoms with Gasteiger partial charge in [-0.1, -0.05) is 35.4 Å². The molecular formula is C8H10. The Morgan fingerprint density at radius 3 is 2.38 bits per heavy atom. The van der Waals surface area contributed by atoms with Crippen LogP contribution in [0.3, 0.4) is 0 Å². The number of rotatable bonds is 0. The minimum atomic E-state index is 0.313. The average Bonchev–Trinajstić information content (AvgIpc) is 2.05. The second kappa shape index (κ2) is 1.99. The van der Waals surface area contributed by atoms with Gasteiger partial charge in [0.05, 0.1) is 0 Å². The van der Waals surface area contributed by atoms with Crippen molar-refractivity contribution in [3.63, 3.8) is 0 Å². The van der Waals surface area contributed by atoms with Gasteiger partial charge in [-0.15, -0.1) is 0 Å². The molecule has 0 amide bonds. The first-order valence-electron chi connectivity index (χ1n) is 3.94. The summed E-state index contributed by atoms with van der Waals surface area (Å²) in [6.45, 7) is 0.627. The highest BCUT2D eigenvalue weighted by molar-refractivity contribution is 5.20. The van der Waals surface area contributed by atoms with Crippen LogP contribution < -0.4 is 0 Å². The molecule has 0 saturated carbocycles. The van der Waals surface area contributed by atoms with Crippen molar-refractivity contribution < 1.29 is 2.74 Å². The highest BCUT2D eigenvalue weighted by atomic mass is 13.9. The average molecular weight is 108 g/mol. The molecule has 0 heteroatoms. The maximum absolute atomic E-state index is 7.05. The molecule has 0 aliphatic rings. The van der Waals surface area contributed by atoms with Crippen molar-refractivity contribution >= 4 is 0 Å². The SMILES string of the molecule is [2H]Cc1cccc(C[2H])c1. The Kier molecular flexibility index (Phi) is 0.819. The molecule has 42 valence electrons. The van der Waals surface area contributed by atoms with Crippen molar-refractivity contribution in [2.75, 3.05) is 0 Å². The first kappa shape index (κ1) is 3.29. The molecule has 0 aromatic heterocycles. The van der Waals surface area contributed by atoms with Gasteiger partial charge >= 0.3 is 0 Å². The zero-order valence-electron chi connectivity index (χ0n) is 6.72. The van der Waals surface area contributed by atoms with Crippen molar-refractivity contribution in [2.24, 2.45) is 0 Å². The van der Waals surface area contributed by atoms with Crippen LogP contribution in [-0.4, -0.2) is 0 Å². The Labute approximate surface area is 53.0 Å². The van der Waals surface area contributed by atoms with E-state index in [0.29, 0.717) is 13.8 Å². The lowest BCUT2D eigenvalue weighted by molar-refractivity contribution is 1.39. The van der Waals surface area contributed by atoms with E-state index in [4.69, 9.17) is 2.74 Å². The molecule has 0 bridgehead atoms. The van der Waals surface area contributed by atoms with Gasteiger partial charge in [-0.05, 0) is 13.8 Å². The van der Waals surface area contributed by atoms with Gasteiger partial charge in [-0.25, -0.2) is 0 Å². The lowest BCUT2D eigenvalue weighted by atomic mass is 10.2. The van der Waals surface area contributed by atoms with Crippen molar-refractivity contribution in [1.29, 1.82) is 0 Å². The maximum atomic E-state index is 7.05. The first-order chi connectivity index (χ1) is 4.86. The van der Waals surface area contributed by atoms with Gasteiger partial charge in [0, 0.05) is 2.74 Å². The molecule has 8 heavy (non-hydrogen) atoms. The van der Waals surface area contributed by atoms with Gasteiger partial charge in [-0.3, -0.25) is 0 Å². The van der Waals surface area contributed by atoms with Crippen LogP contribution in [0.5, 0.6) is 0 Å². The van der Waals surface area contributed by atoms with Crippen LogP contribution in [0.4, 0.5) is 0 Å². The fraction of sp³-hybridized carbons (Fsp3) is 0.250. The van der Waals surface area contributed by atoms with Crippen molar-refractivity contribution in [1.82, 2.24) is 0 Å². The summed E-state index contributed by atoms with van der Waals surface area (Å²) in [6.07, 6.45) is 0. The van der Waals surface area contributed by atoms with Crippen LogP contribution in [0.25, 0.3) is 0 Å². The minimum Gasteiger partial charge on any atom is -0.0617 e. The number of benzene rings is 1. The molecule has 0 radical (unpaired) electrons. The zero-order valence-corrected chi connectivity index (χ0v) is 4.72. The molecule has 0 spiro atoms. The van der Waals surface area contributed by atoms with E-state index in [9.17, 15) is 0 Å². The zero-order chi connectivity index (χ0) is 7.40. The molecule has 1 rings (SSSR count). The third kappa shape index (κ3) is 1.09. The molecule has 0 saturated heterocycles. The van der Waals surface area contributed by atoms with Crippen LogP contribution in [0.2, 0.25) is 0 Å². The number of hydrogen-bond acceptors (Lipinski definition) is 0. The molecule has 0 aliphatic carbocycles. The minimum absolute atomic E-state index is 0.313. The van der Waals surface area contributed by atoms with Crippen LogP contribution in [-0.2, 0) is 0 Å². The lowest BCUT2D eigenvalue weighted by Crippen LogP contribution is -1.71. The third-order valence-corrected chi connectivity index (χ3v) is 0.991. The summed E-state index contributed by atoms with van der Waals surface area (Å²) in [5.74, 6) is 0. The summed E-state index contributed by atoms with van der Waals surface area (Å²) in [5, 5.41) is 0. The topological polar surface area (TPSA) is 0 Å². The van der Waals surface area contributed by atoms with E-state index in [1.165, 1.54) is 0 Å². The summed E-state index contributed by atoms with van der Waals surface area (Å²) < 4.78 is 14.1. The van der Waals surface area contributed by atoms with Gasteiger partial charge in [0.25, 0.3) is 0 Å². The third-order valence-electron chi connectivity index (χ3n) is 0.991. The van der Waals surface area contributed by atoms with E-state index < -0.39 is 0 Å². The highest BCUT2D eigenvalue weighted by Crippen LogP contribution is 2.00. The monoisotopic (exact) mass is 108 g/mol. The fourth-order valence-electron chi connectivity index (χ4n) is 0.630. The Morgan fingerprint density at radius 1 is 1.25 bits per heavy atom. The summed E-state index contributed by atoms with van der Waals surface area (Å²) in [7, 11) is 0. The second-order valence-corrected chi connectivity index (χ2v) is 1.82. The normalized spacial score (nSPS) is 12.5. The molecule has 0 heterocycles. The molecule has 0 unspecified atom stereocenters. The summed E-state index contributed by atoms with van der Waals surface area (Å²) in [5.41, 5.74) is 1.98. The maximum Gasteiger partial charge on any atom is 0.0280 e. The summed E-state index contributed by atoms with van der Waals surface area (Å²) >= 11 is 0. The van der Waals surface area contributed by atoms with E-state index in [0.717, 1.165) is 11.1 Å². The second-order valence-electron chi connectivity index (χ2n) is 1.82.